The molecular weight excluding hydrogens is 261 g/mol. The predicted octanol–water partition coefficient (Wildman–Crippen LogP) is 2.51. The molecule has 7 heteroatoms. The molecule has 0 bridgehead atoms. The molecule has 0 aromatic heterocycles. The van der Waals surface area contributed by atoms with Crippen LogP contribution in [-0.4, -0.2) is 18.3 Å². The maximum absolute atomic E-state index is 12.0. The van der Waals surface area contributed by atoms with Gasteiger partial charge in [0.05, 0.1) is 6.04 Å². The van der Waals surface area contributed by atoms with Crippen molar-refractivity contribution in [1.29, 1.82) is 0 Å². The largest absolute Gasteiger partial charge is 0.573 e. The Morgan fingerprint density at radius 1 is 1.37 bits per heavy atom. The topological polar surface area (TPSA) is 64.4 Å². The second-order valence-corrected chi connectivity index (χ2v) is 4.33. The highest BCUT2D eigenvalue weighted by molar-refractivity contribution is 5.94. The number of nitrogens with one attached hydrogen (secondary N) is 1. The zero-order valence-corrected chi connectivity index (χ0v) is 10.5. The lowest BCUT2D eigenvalue weighted by atomic mass is 10.0. The molecule has 0 aliphatic heterocycles. The Labute approximate surface area is 108 Å². The number of amides is 1. The van der Waals surface area contributed by atoms with E-state index in [0.717, 1.165) is 12.1 Å². The van der Waals surface area contributed by atoms with Gasteiger partial charge in [0.2, 0.25) is 5.91 Å². The minimum atomic E-state index is -4.77. The smallest absolute Gasteiger partial charge is 0.406 e. The summed E-state index contributed by atoms with van der Waals surface area (Å²) >= 11 is 0. The van der Waals surface area contributed by atoms with E-state index in [1.54, 1.807) is 13.8 Å². The zero-order chi connectivity index (χ0) is 14.6. The number of nitrogens with two attached hydrogens (primary N) is 1. The summed E-state index contributed by atoms with van der Waals surface area (Å²) in [4.78, 5) is 11.7. The predicted molar refractivity (Wildman–Crippen MR) is 64.6 cm³/mol. The first-order chi connectivity index (χ1) is 8.69. The van der Waals surface area contributed by atoms with Crippen LogP contribution in [-0.2, 0) is 4.79 Å². The van der Waals surface area contributed by atoms with Crippen molar-refractivity contribution in [3.63, 3.8) is 0 Å². The monoisotopic (exact) mass is 276 g/mol. The molecule has 0 aliphatic carbocycles. The van der Waals surface area contributed by atoms with Gasteiger partial charge in [-0.05, 0) is 18.1 Å². The zero-order valence-electron chi connectivity index (χ0n) is 10.5. The van der Waals surface area contributed by atoms with Crippen molar-refractivity contribution >= 4 is 11.6 Å². The molecule has 0 fully saturated rings. The number of halogens is 3. The van der Waals surface area contributed by atoms with Gasteiger partial charge in [0, 0.05) is 11.8 Å². The fourth-order valence-electron chi connectivity index (χ4n) is 1.30. The van der Waals surface area contributed by atoms with Crippen LogP contribution in [0.2, 0.25) is 0 Å². The van der Waals surface area contributed by atoms with Gasteiger partial charge in [-0.3, -0.25) is 4.79 Å². The number of hydrogen-bond donors (Lipinski definition) is 2. The summed E-state index contributed by atoms with van der Waals surface area (Å²) < 4.78 is 39.9. The summed E-state index contributed by atoms with van der Waals surface area (Å²) in [5, 5.41) is 2.44. The van der Waals surface area contributed by atoms with Crippen LogP contribution in [0.5, 0.6) is 5.75 Å². The summed E-state index contributed by atoms with van der Waals surface area (Å²) in [6.45, 7) is 3.54. The summed E-state index contributed by atoms with van der Waals surface area (Å²) in [5.41, 5.74) is 5.82. The second kappa shape index (κ2) is 5.92. The molecular formula is C12H15F3N2O2. The highest BCUT2D eigenvalue weighted by atomic mass is 19.4. The Bertz CT molecular complexity index is 447. The molecule has 0 radical (unpaired) electrons. The molecule has 19 heavy (non-hydrogen) atoms. The summed E-state index contributed by atoms with van der Waals surface area (Å²) in [7, 11) is 0. The van der Waals surface area contributed by atoms with Crippen LogP contribution in [0.15, 0.2) is 24.3 Å². The molecule has 0 heterocycles. The Morgan fingerprint density at radius 2 is 2.00 bits per heavy atom. The van der Waals surface area contributed by atoms with E-state index in [1.165, 1.54) is 12.1 Å². The van der Waals surface area contributed by atoms with Gasteiger partial charge in [-0.1, -0.05) is 19.9 Å². The molecule has 1 aromatic rings. The van der Waals surface area contributed by atoms with Crippen molar-refractivity contribution < 1.29 is 22.7 Å². The average molecular weight is 276 g/mol. The first kappa shape index (κ1) is 15.3. The van der Waals surface area contributed by atoms with Crippen molar-refractivity contribution in [2.45, 2.75) is 26.3 Å². The fourth-order valence-corrected chi connectivity index (χ4v) is 1.30. The van der Waals surface area contributed by atoms with Crippen LogP contribution >= 0.6 is 0 Å². The van der Waals surface area contributed by atoms with Crippen LogP contribution in [0, 0.1) is 5.92 Å². The first-order valence-corrected chi connectivity index (χ1v) is 5.61. The Morgan fingerprint density at radius 3 is 2.53 bits per heavy atom. The standard InChI is InChI=1S/C12H15F3N2O2/c1-7(2)10(16)11(18)17-8-4-3-5-9(6-8)19-12(13,14)15/h3-7,10H,16H2,1-2H3,(H,17,18). The molecule has 1 atom stereocenters. The third kappa shape index (κ3) is 5.17. The quantitative estimate of drug-likeness (QED) is 0.888. The lowest BCUT2D eigenvalue weighted by molar-refractivity contribution is -0.274. The number of hydrogen-bond acceptors (Lipinski definition) is 3. The molecule has 1 amide bonds. The van der Waals surface area contributed by atoms with Gasteiger partial charge in [0.1, 0.15) is 5.75 Å². The number of carbonyl (C=O) groups excluding carboxylic acids is 1. The van der Waals surface area contributed by atoms with E-state index < -0.39 is 24.1 Å². The maximum Gasteiger partial charge on any atom is 0.573 e. The fraction of sp³-hybridized carbons (Fsp3) is 0.417. The van der Waals surface area contributed by atoms with Gasteiger partial charge in [-0.15, -0.1) is 13.2 Å². The van der Waals surface area contributed by atoms with Gasteiger partial charge < -0.3 is 15.8 Å². The number of benzene rings is 1. The molecule has 0 spiro atoms. The summed E-state index contributed by atoms with van der Waals surface area (Å²) in [5.74, 6) is -0.933. The molecule has 1 rings (SSSR count). The maximum atomic E-state index is 12.0. The number of alkyl halides is 3. The van der Waals surface area contributed by atoms with Gasteiger partial charge in [0.15, 0.2) is 0 Å². The van der Waals surface area contributed by atoms with Crippen molar-refractivity contribution in [1.82, 2.24) is 0 Å². The number of anilines is 1. The van der Waals surface area contributed by atoms with Crippen LogP contribution in [0.25, 0.3) is 0 Å². The molecule has 4 nitrogen and oxygen atoms in total. The van der Waals surface area contributed by atoms with Gasteiger partial charge >= 0.3 is 6.36 Å². The highest BCUT2D eigenvalue weighted by Gasteiger charge is 2.31. The lowest BCUT2D eigenvalue weighted by Crippen LogP contribution is -2.39. The molecule has 106 valence electrons. The molecule has 3 N–H and O–H groups in total. The lowest BCUT2D eigenvalue weighted by Gasteiger charge is -2.16. The van der Waals surface area contributed by atoms with Crippen molar-refractivity contribution in [3.05, 3.63) is 24.3 Å². The van der Waals surface area contributed by atoms with E-state index in [-0.39, 0.29) is 11.6 Å². The third-order valence-corrected chi connectivity index (χ3v) is 2.36. The average Bonchev–Trinajstić information content (AvgIpc) is 2.25. The van der Waals surface area contributed by atoms with E-state index in [0.29, 0.717) is 0 Å². The molecule has 0 saturated heterocycles. The van der Waals surface area contributed by atoms with E-state index in [9.17, 15) is 18.0 Å². The molecule has 1 aromatic carbocycles. The normalized spacial score (nSPS) is 13.2. The van der Waals surface area contributed by atoms with Crippen LogP contribution < -0.4 is 15.8 Å². The second-order valence-electron chi connectivity index (χ2n) is 4.33. The SMILES string of the molecule is CC(C)C(N)C(=O)Nc1cccc(OC(F)(F)F)c1. The first-order valence-electron chi connectivity index (χ1n) is 5.61. The minimum Gasteiger partial charge on any atom is -0.406 e. The molecule has 1 unspecified atom stereocenters. The number of ether oxygens (including phenoxy) is 1. The van der Waals surface area contributed by atoms with Crippen molar-refractivity contribution in [3.8, 4) is 5.75 Å². The van der Waals surface area contributed by atoms with Crippen molar-refractivity contribution in [2.24, 2.45) is 11.7 Å². The minimum absolute atomic E-state index is 0.0744. The van der Waals surface area contributed by atoms with Crippen molar-refractivity contribution in [2.75, 3.05) is 5.32 Å². The van der Waals surface area contributed by atoms with E-state index in [4.69, 9.17) is 5.73 Å². The highest BCUT2D eigenvalue weighted by Crippen LogP contribution is 2.25. The van der Waals surface area contributed by atoms with Gasteiger partial charge in [0.25, 0.3) is 0 Å². The van der Waals surface area contributed by atoms with Crippen LogP contribution in [0.3, 0.4) is 0 Å². The number of carbonyl (C=O) groups is 1. The van der Waals surface area contributed by atoms with Gasteiger partial charge in [-0.2, -0.15) is 0 Å². The number of rotatable bonds is 4. The Kier molecular flexibility index (Phi) is 4.77. The van der Waals surface area contributed by atoms with Gasteiger partial charge in [-0.25, -0.2) is 0 Å². The third-order valence-electron chi connectivity index (χ3n) is 2.36. The van der Waals surface area contributed by atoms with Crippen LogP contribution in [0.1, 0.15) is 13.8 Å². The molecule has 0 saturated carbocycles. The molecule has 0 aliphatic rings. The van der Waals surface area contributed by atoms with E-state index in [2.05, 4.69) is 10.1 Å². The van der Waals surface area contributed by atoms with E-state index in [1.807, 2.05) is 0 Å². The van der Waals surface area contributed by atoms with E-state index >= 15 is 0 Å². The Hall–Kier alpha value is -1.76. The van der Waals surface area contributed by atoms with Crippen LogP contribution in [0.4, 0.5) is 18.9 Å². The summed E-state index contributed by atoms with van der Waals surface area (Å²) in [6, 6.07) is 4.29. The summed E-state index contributed by atoms with van der Waals surface area (Å²) in [6.07, 6.45) is -4.77. The Balaban J connectivity index is 2.75.